The number of amides is 1. The van der Waals surface area contributed by atoms with E-state index in [4.69, 9.17) is 11.6 Å². The van der Waals surface area contributed by atoms with E-state index in [-0.39, 0.29) is 11.9 Å². The summed E-state index contributed by atoms with van der Waals surface area (Å²) in [5.41, 5.74) is 1.53. The first-order valence-corrected chi connectivity index (χ1v) is 8.45. The highest BCUT2D eigenvalue weighted by molar-refractivity contribution is 6.30. The first-order valence-electron chi connectivity index (χ1n) is 8.07. The summed E-state index contributed by atoms with van der Waals surface area (Å²) in [4.78, 5) is 16.6. The minimum absolute atomic E-state index is 0.0987. The molecule has 1 unspecified atom stereocenters. The molecule has 1 aromatic carbocycles. The van der Waals surface area contributed by atoms with Gasteiger partial charge in [-0.2, -0.15) is 5.26 Å². The number of halogens is 1. The smallest absolute Gasteiger partial charge is 0.237 e. The monoisotopic (exact) mass is 332 g/mol. The largest absolute Gasteiger partial charge is 0.368 e. The Balaban J connectivity index is 1.60. The third-order valence-corrected chi connectivity index (χ3v) is 4.82. The molecule has 1 heterocycles. The average Bonchev–Trinajstić information content (AvgIpc) is 3.38. The van der Waals surface area contributed by atoms with Crippen LogP contribution in [0.2, 0.25) is 5.02 Å². The molecule has 2 fully saturated rings. The first-order chi connectivity index (χ1) is 11.1. The summed E-state index contributed by atoms with van der Waals surface area (Å²) in [7, 11) is 0. The molecule has 0 bridgehead atoms. The van der Waals surface area contributed by atoms with E-state index in [1.807, 2.05) is 19.1 Å². The van der Waals surface area contributed by atoms with E-state index in [2.05, 4.69) is 21.2 Å². The normalized spacial score (nSPS) is 20.0. The summed E-state index contributed by atoms with van der Waals surface area (Å²) < 4.78 is 0. The second kappa shape index (κ2) is 6.77. The number of anilines is 1. The molecule has 1 saturated carbocycles. The zero-order chi connectivity index (χ0) is 16.4. The Hall–Kier alpha value is -1.77. The van der Waals surface area contributed by atoms with Gasteiger partial charge in [0.25, 0.3) is 0 Å². The molecule has 1 amide bonds. The van der Waals surface area contributed by atoms with Gasteiger partial charge in [-0.1, -0.05) is 11.6 Å². The van der Waals surface area contributed by atoms with Crippen molar-refractivity contribution in [3.05, 3.63) is 28.8 Å². The lowest BCUT2D eigenvalue weighted by Gasteiger charge is -2.38. The summed E-state index contributed by atoms with van der Waals surface area (Å²) in [5, 5.41) is 12.9. The lowest BCUT2D eigenvalue weighted by atomic mass is 10.1. The van der Waals surface area contributed by atoms with Crippen LogP contribution in [0.15, 0.2) is 18.2 Å². The van der Waals surface area contributed by atoms with E-state index in [1.165, 1.54) is 0 Å². The van der Waals surface area contributed by atoms with Gasteiger partial charge in [-0.05, 0) is 38.0 Å². The summed E-state index contributed by atoms with van der Waals surface area (Å²) in [6, 6.07) is 7.93. The summed E-state index contributed by atoms with van der Waals surface area (Å²) in [6.07, 6.45) is 2.22. The van der Waals surface area contributed by atoms with Crippen molar-refractivity contribution in [3.8, 4) is 6.07 Å². The minimum atomic E-state index is -0.0987. The topological polar surface area (TPSA) is 59.4 Å². The number of nitriles is 1. The fraction of sp³-hybridized carbons (Fsp3) is 0.529. The number of carbonyl (C=O) groups excluding carboxylic acids is 1. The standard InChI is InChI=1S/C17H21ClN4O/c1-12(17(23)20-15-3-4-15)21-6-8-22(9-7-21)16-5-2-14(18)10-13(16)11-19/h2,5,10,12,15H,3-4,6-9H2,1H3,(H,20,23). The average molecular weight is 333 g/mol. The lowest BCUT2D eigenvalue weighted by Crippen LogP contribution is -2.54. The number of rotatable bonds is 4. The molecule has 1 aliphatic heterocycles. The third-order valence-electron chi connectivity index (χ3n) is 4.58. The number of hydrogen-bond donors (Lipinski definition) is 1. The van der Waals surface area contributed by atoms with Crippen molar-refractivity contribution in [1.82, 2.24) is 10.2 Å². The first kappa shape index (κ1) is 16.1. The molecule has 1 atom stereocenters. The van der Waals surface area contributed by atoms with Crippen LogP contribution in [0.5, 0.6) is 0 Å². The van der Waals surface area contributed by atoms with Crippen LogP contribution in [-0.2, 0) is 4.79 Å². The minimum Gasteiger partial charge on any atom is -0.368 e. The molecule has 6 heteroatoms. The maximum absolute atomic E-state index is 12.2. The highest BCUT2D eigenvalue weighted by Gasteiger charge is 2.30. The lowest BCUT2D eigenvalue weighted by molar-refractivity contribution is -0.126. The Morgan fingerprint density at radius 1 is 1.35 bits per heavy atom. The third kappa shape index (κ3) is 3.77. The van der Waals surface area contributed by atoms with Crippen molar-refractivity contribution in [2.24, 2.45) is 0 Å². The number of nitrogens with zero attached hydrogens (tertiary/aromatic N) is 3. The highest BCUT2D eigenvalue weighted by atomic mass is 35.5. The number of benzene rings is 1. The van der Waals surface area contributed by atoms with Gasteiger partial charge in [0.1, 0.15) is 6.07 Å². The van der Waals surface area contributed by atoms with E-state index >= 15 is 0 Å². The number of carbonyl (C=O) groups is 1. The maximum Gasteiger partial charge on any atom is 0.237 e. The van der Waals surface area contributed by atoms with Gasteiger partial charge in [0.05, 0.1) is 17.3 Å². The van der Waals surface area contributed by atoms with Gasteiger partial charge in [0.2, 0.25) is 5.91 Å². The van der Waals surface area contributed by atoms with E-state index < -0.39 is 0 Å². The Morgan fingerprint density at radius 3 is 2.65 bits per heavy atom. The van der Waals surface area contributed by atoms with Crippen molar-refractivity contribution in [3.63, 3.8) is 0 Å². The fourth-order valence-corrected chi connectivity index (χ4v) is 3.11. The summed E-state index contributed by atoms with van der Waals surface area (Å²) in [6.45, 7) is 5.20. The Labute approximate surface area is 141 Å². The highest BCUT2D eigenvalue weighted by Crippen LogP contribution is 2.25. The van der Waals surface area contributed by atoms with Crippen molar-refractivity contribution in [1.29, 1.82) is 5.26 Å². The number of nitrogens with one attached hydrogen (secondary N) is 1. The second-order valence-corrected chi connectivity index (χ2v) is 6.69. The number of piperazine rings is 1. The zero-order valence-electron chi connectivity index (χ0n) is 13.3. The zero-order valence-corrected chi connectivity index (χ0v) is 14.0. The predicted molar refractivity (Wildman–Crippen MR) is 90.6 cm³/mol. The van der Waals surface area contributed by atoms with Crippen molar-refractivity contribution >= 4 is 23.2 Å². The van der Waals surface area contributed by atoms with Crippen molar-refractivity contribution < 1.29 is 4.79 Å². The van der Waals surface area contributed by atoms with Crippen LogP contribution in [0, 0.1) is 11.3 Å². The van der Waals surface area contributed by atoms with Gasteiger partial charge in [-0.3, -0.25) is 9.69 Å². The molecule has 1 saturated heterocycles. The SMILES string of the molecule is CC(C(=O)NC1CC1)N1CCN(c2ccc(Cl)cc2C#N)CC1. The predicted octanol–water partition coefficient (Wildman–Crippen LogP) is 2.00. The van der Waals surface area contributed by atoms with Crippen LogP contribution in [0.4, 0.5) is 5.69 Å². The number of hydrogen-bond acceptors (Lipinski definition) is 4. The van der Waals surface area contributed by atoms with Crippen LogP contribution in [0.1, 0.15) is 25.3 Å². The Morgan fingerprint density at radius 2 is 2.04 bits per heavy atom. The molecule has 1 aliphatic carbocycles. The molecule has 0 radical (unpaired) electrons. The summed E-state index contributed by atoms with van der Waals surface area (Å²) in [5.74, 6) is 0.130. The molecule has 122 valence electrons. The van der Waals surface area contributed by atoms with Crippen molar-refractivity contribution in [2.75, 3.05) is 31.1 Å². The Kier molecular flexibility index (Phi) is 4.74. The molecule has 1 N–H and O–H groups in total. The molecule has 1 aromatic rings. The molecule has 23 heavy (non-hydrogen) atoms. The van der Waals surface area contributed by atoms with E-state index in [0.717, 1.165) is 44.7 Å². The Bertz CT molecular complexity index is 630. The van der Waals surface area contributed by atoms with Gasteiger partial charge >= 0.3 is 0 Å². The van der Waals surface area contributed by atoms with Gasteiger partial charge in [-0.25, -0.2) is 0 Å². The van der Waals surface area contributed by atoms with E-state index in [1.54, 1.807) is 6.07 Å². The molecule has 3 rings (SSSR count). The van der Waals surface area contributed by atoms with Crippen LogP contribution in [-0.4, -0.2) is 49.1 Å². The second-order valence-electron chi connectivity index (χ2n) is 6.26. The quantitative estimate of drug-likeness (QED) is 0.916. The van der Waals surface area contributed by atoms with Crippen molar-refractivity contribution in [2.45, 2.75) is 31.8 Å². The maximum atomic E-state index is 12.2. The molecule has 0 spiro atoms. The molecular weight excluding hydrogens is 312 g/mol. The fourth-order valence-electron chi connectivity index (χ4n) is 2.94. The van der Waals surface area contributed by atoms with Crippen LogP contribution >= 0.6 is 11.6 Å². The molecular formula is C17H21ClN4O. The van der Waals surface area contributed by atoms with Gasteiger partial charge in [0.15, 0.2) is 0 Å². The van der Waals surface area contributed by atoms with Crippen LogP contribution in [0.3, 0.4) is 0 Å². The van der Waals surface area contributed by atoms with Crippen LogP contribution in [0.25, 0.3) is 0 Å². The molecule has 0 aromatic heterocycles. The van der Waals surface area contributed by atoms with Gasteiger partial charge in [-0.15, -0.1) is 0 Å². The van der Waals surface area contributed by atoms with Gasteiger partial charge < -0.3 is 10.2 Å². The van der Waals surface area contributed by atoms with E-state index in [0.29, 0.717) is 16.6 Å². The van der Waals surface area contributed by atoms with Gasteiger partial charge in [0, 0.05) is 37.2 Å². The molecule has 2 aliphatic rings. The summed E-state index contributed by atoms with van der Waals surface area (Å²) >= 11 is 5.96. The van der Waals surface area contributed by atoms with E-state index in [9.17, 15) is 10.1 Å². The molecule has 5 nitrogen and oxygen atoms in total. The van der Waals surface area contributed by atoms with Crippen LogP contribution < -0.4 is 10.2 Å².